The summed E-state index contributed by atoms with van der Waals surface area (Å²) in [5.74, 6) is 0.232. The van der Waals surface area contributed by atoms with Crippen LogP contribution >= 0.6 is 23.2 Å². The topological polar surface area (TPSA) is 46.6 Å². The van der Waals surface area contributed by atoms with Gasteiger partial charge in [0.1, 0.15) is 0 Å². The van der Waals surface area contributed by atoms with Gasteiger partial charge in [-0.3, -0.25) is 0 Å². The summed E-state index contributed by atoms with van der Waals surface area (Å²) >= 11 is 11.8. The molecule has 20 heavy (non-hydrogen) atoms. The average molecular weight is 338 g/mol. The molecule has 1 aliphatic rings. The van der Waals surface area contributed by atoms with Crippen LogP contribution in [0, 0.1) is 6.92 Å². The quantitative estimate of drug-likeness (QED) is 0.793. The van der Waals surface area contributed by atoms with Crippen molar-refractivity contribution < 1.29 is 13.2 Å². The highest BCUT2D eigenvalue weighted by Gasteiger charge is 2.33. The molecular weight excluding hydrogens is 321 g/mol. The Morgan fingerprint density at radius 1 is 1.45 bits per heavy atom. The molecule has 1 heterocycles. The van der Waals surface area contributed by atoms with Crippen molar-refractivity contribution in [1.82, 2.24) is 4.31 Å². The van der Waals surface area contributed by atoms with Crippen LogP contribution < -0.4 is 0 Å². The van der Waals surface area contributed by atoms with E-state index in [4.69, 9.17) is 27.9 Å². The lowest BCUT2D eigenvalue weighted by molar-refractivity contribution is 0.115. The van der Waals surface area contributed by atoms with Crippen LogP contribution in [0.15, 0.2) is 17.0 Å². The molecule has 1 fully saturated rings. The standard InChI is InChI=1S/C13H17Cl2NO3S/c1-9-10(7-14)5-11(15)6-13(9)20(17,18)16-4-3-12(8-16)19-2/h5-6,12H,3-4,7-8H2,1-2H3. The minimum Gasteiger partial charge on any atom is -0.380 e. The van der Waals surface area contributed by atoms with E-state index >= 15 is 0 Å². The van der Waals surface area contributed by atoms with E-state index in [0.29, 0.717) is 30.1 Å². The van der Waals surface area contributed by atoms with Gasteiger partial charge < -0.3 is 4.74 Å². The van der Waals surface area contributed by atoms with Gasteiger partial charge in [-0.25, -0.2) is 8.42 Å². The summed E-state index contributed by atoms with van der Waals surface area (Å²) in [7, 11) is -1.96. The summed E-state index contributed by atoms with van der Waals surface area (Å²) in [6.45, 7) is 2.59. The van der Waals surface area contributed by atoms with Gasteiger partial charge in [0, 0.05) is 31.1 Å². The number of halogens is 2. The summed E-state index contributed by atoms with van der Waals surface area (Å²) in [4.78, 5) is 0.234. The normalized spacial score (nSPS) is 20.5. The molecule has 0 aliphatic carbocycles. The predicted octanol–water partition coefficient (Wildman–Crippen LogP) is 2.80. The lowest BCUT2D eigenvalue weighted by Crippen LogP contribution is -2.30. The van der Waals surface area contributed by atoms with Crippen molar-refractivity contribution in [3.63, 3.8) is 0 Å². The Labute approximate surface area is 129 Å². The Bertz CT molecular complexity index is 604. The highest BCUT2D eigenvalue weighted by atomic mass is 35.5. The molecule has 0 bridgehead atoms. The maximum Gasteiger partial charge on any atom is 0.243 e. The van der Waals surface area contributed by atoms with Crippen molar-refractivity contribution in [2.75, 3.05) is 20.2 Å². The van der Waals surface area contributed by atoms with Crippen LogP contribution in [0.4, 0.5) is 0 Å². The first-order valence-corrected chi connectivity index (χ1v) is 8.63. The predicted molar refractivity (Wildman–Crippen MR) is 79.9 cm³/mol. The molecule has 1 unspecified atom stereocenters. The number of nitrogens with zero attached hydrogens (tertiary/aromatic N) is 1. The smallest absolute Gasteiger partial charge is 0.243 e. The monoisotopic (exact) mass is 337 g/mol. The number of hydrogen-bond donors (Lipinski definition) is 0. The zero-order chi connectivity index (χ0) is 14.9. The molecule has 4 nitrogen and oxygen atoms in total. The first-order chi connectivity index (χ1) is 9.40. The molecule has 0 saturated carbocycles. The van der Waals surface area contributed by atoms with Gasteiger partial charge >= 0.3 is 0 Å². The molecule has 112 valence electrons. The zero-order valence-corrected chi connectivity index (χ0v) is 13.7. The van der Waals surface area contributed by atoms with E-state index in [0.717, 1.165) is 5.56 Å². The van der Waals surface area contributed by atoms with E-state index in [1.807, 2.05) is 0 Å². The largest absolute Gasteiger partial charge is 0.380 e. The van der Waals surface area contributed by atoms with Gasteiger partial charge in [-0.2, -0.15) is 4.31 Å². The average Bonchev–Trinajstić information content (AvgIpc) is 2.90. The third kappa shape index (κ3) is 2.97. The highest BCUT2D eigenvalue weighted by molar-refractivity contribution is 7.89. The molecule has 0 N–H and O–H groups in total. The van der Waals surface area contributed by atoms with Crippen molar-refractivity contribution in [2.45, 2.75) is 30.2 Å². The van der Waals surface area contributed by atoms with Gasteiger partial charge in [0.2, 0.25) is 10.0 Å². The fourth-order valence-electron chi connectivity index (χ4n) is 2.36. The van der Waals surface area contributed by atoms with Crippen LogP contribution in [0.1, 0.15) is 17.5 Å². The summed E-state index contributed by atoms with van der Waals surface area (Å²) < 4.78 is 32.1. The number of sulfonamides is 1. The lowest BCUT2D eigenvalue weighted by atomic mass is 10.1. The third-order valence-electron chi connectivity index (χ3n) is 3.64. The number of methoxy groups -OCH3 is 1. The first kappa shape index (κ1) is 16.0. The van der Waals surface area contributed by atoms with Gasteiger partial charge in [-0.1, -0.05) is 11.6 Å². The Hall–Kier alpha value is -0.330. The second kappa shape index (κ2) is 6.20. The van der Waals surface area contributed by atoms with E-state index in [9.17, 15) is 8.42 Å². The molecule has 1 aliphatic heterocycles. The van der Waals surface area contributed by atoms with E-state index in [1.165, 1.54) is 10.4 Å². The van der Waals surface area contributed by atoms with Gasteiger partial charge in [-0.15, -0.1) is 11.6 Å². The van der Waals surface area contributed by atoms with Crippen LogP contribution in [0.5, 0.6) is 0 Å². The minimum atomic E-state index is -3.56. The van der Waals surface area contributed by atoms with Crippen molar-refractivity contribution >= 4 is 33.2 Å². The SMILES string of the molecule is COC1CCN(S(=O)(=O)c2cc(Cl)cc(CCl)c2C)C1. The third-order valence-corrected chi connectivity index (χ3v) is 6.13. The molecule has 2 rings (SSSR count). The second-order valence-corrected chi connectivity index (χ2v) is 7.44. The van der Waals surface area contributed by atoms with Crippen LogP contribution in [0.3, 0.4) is 0 Å². The molecule has 7 heteroatoms. The fourth-order valence-corrected chi connectivity index (χ4v) is 4.73. The number of hydrogen-bond acceptors (Lipinski definition) is 3. The van der Waals surface area contributed by atoms with Crippen LogP contribution in [-0.4, -0.2) is 39.0 Å². The van der Waals surface area contributed by atoms with E-state index in [2.05, 4.69) is 0 Å². The Morgan fingerprint density at radius 3 is 2.70 bits per heavy atom. The van der Waals surface area contributed by atoms with E-state index in [-0.39, 0.29) is 16.9 Å². The summed E-state index contributed by atoms with van der Waals surface area (Å²) in [6.07, 6.45) is 0.661. The van der Waals surface area contributed by atoms with Gasteiger partial charge in [0.15, 0.2) is 0 Å². The van der Waals surface area contributed by atoms with Gasteiger partial charge in [0.05, 0.1) is 11.0 Å². The van der Waals surface area contributed by atoms with Gasteiger partial charge in [-0.05, 0) is 36.6 Å². The number of rotatable bonds is 4. The molecule has 1 aromatic rings. The summed E-state index contributed by atoms with van der Waals surface area (Å²) in [6, 6.07) is 3.19. The maximum absolute atomic E-state index is 12.7. The Kier molecular flexibility index (Phi) is 4.97. The molecule has 1 atom stereocenters. The molecule has 0 amide bonds. The maximum atomic E-state index is 12.7. The molecule has 0 spiro atoms. The first-order valence-electron chi connectivity index (χ1n) is 6.28. The van der Waals surface area contributed by atoms with Crippen molar-refractivity contribution in [3.05, 3.63) is 28.3 Å². The lowest BCUT2D eigenvalue weighted by Gasteiger charge is -2.19. The number of ether oxygens (including phenoxy) is 1. The Balaban J connectivity index is 2.42. The van der Waals surface area contributed by atoms with Crippen molar-refractivity contribution in [1.29, 1.82) is 0 Å². The van der Waals surface area contributed by atoms with Crippen molar-refractivity contribution in [3.8, 4) is 0 Å². The fraction of sp³-hybridized carbons (Fsp3) is 0.538. The molecular formula is C13H17Cl2NO3S. The van der Waals surface area contributed by atoms with E-state index < -0.39 is 10.0 Å². The molecule has 1 aromatic carbocycles. The van der Waals surface area contributed by atoms with E-state index in [1.54, 1.807) is 20.1 Å². The van der Waals surface area contributed by atoms with Crippen LogP contribution in [0.2, 0.25) is 5.02 Å². The minimum absolute atomic E-state index is 0.0447. The molecule has 0 radical (unpaired) electrons. The zero-order valence-electron chi connectivity index (χ0n) is 11.4. The summed E-state index contributed by atoms with van der Waals surface area (Å²) in [5, 5.41) is 0.382. The van der Waals surface area contributed by atoms with Gasteiger partial charge in [0.25, 0.3) is 0 Å². The number of benzene rings is 1. The molecule has 1 saturated heterocycles. The summed E-state index contributed by atoms with van der Waals surface area (Å²) in [5.41, 5.74) is 1.39. The molecule has 0 aromatic heterocycles. The Morgan fingerprint density at radius 2 is 2.15 bits per heavy atom. The van der Waals surface area contributed by atoms with Crippen LogP contribution in [0.25, 0.3) is 0 Å². The van der Waals surface area contributed by atoms with Crippen LogP contribution in [-0.2, 0) is 20.6 Å². The second-order valence-electron chi connectivity index (χ2n) is 4.83. The number of alkyl halides is 1. The van der Waals surface area contributed by atoms with Crippen molar-refractivity contribution in [2.24, 2.45) is 0 Å². The highest BCUT2D eigenvalue weighted by Crippen LogP contribution is 2.29.